The van der Waals surface area contributed by atoms with Crippen LogP contribution in [0.15, 0.2) is 0 Å². The average molecular weight is 176 g/mol. The van der Waals surface area contributed by atoms with Crippen LogP contribution in [0.5, 0.6) is 0 Å². The summed E-state index contributed by atoms with van der Waals surface area (Å²) in [6, 6.07) is 0. The maximum absolute atomic E-state index is 10.7. The number of methoxy groups -OCH3 is 2. The molecule has 4 nitrogen and oxygen atoms in total. The first kappa shape index (κ1) is 11.4. The molecule has 0 aromatic heterocycles. The molecular formula is C8H16O4. The van der Waals surface area contributed by atoms with Crippen LogP contribution in [-0.2, 0) is 14.3 Å². The highest BCUT2D eigenvalue weighted by molar-refractivity contribution is 5.69. The highest BCUT2D eigenvalue weighted by Crippen LogP contribution is 2.05. The van der Waals surface area contributed by atoms with Crippen LogP contribution < -0.4 is 0 Å². The molecule has 0 aromatic carbocycles. The van der Waals surface area contributed by atoms with Gasteiger partial charge in [0.05, 0.1) is 13.2 Å². The zero-order valence-electron chi connectivity index (χ0n) is 7.58. The lowest BCUT2D eigenvalue weighted by molar-refractivity contribution is -0.141. The zero-order valence-corrected chi connectivity index (χ0v) is 7.58. The fraction of sp³-hybridized carbons (Fsp3) is 0.875. The minimum absolute atomic E-state index is 0.0471. The summed E-state index contributed by atoms with van der Waals surface area (Å²) >= 11 is 0. The van der Waals surface area contributed by atoms with Gasteiger partial charge in [-0.05, 0) is 12.8 Å². The summed E-state index contributed by atoms with van der Waals surface area (Å²) in [7, 11) is 2.92. The van der Waals surface area contributed by atoms with E-state index in [1.807, 2.05) is 0 Å². The lowest BCUT2D eigenvalue weighted by Crippen LogP contribution is -2.14. The number of hydrogen-bond donors (Lipinski definition) is 1. The third-order valence-corrected chi connectivity index (χ3v) is 1.68. The van der Waals surface area contributed by atoms with E-state index in [1.165, 1.54) is 7.11 Å². The van der Waals surface area contributed by atoms with Gasteiger partial charge in [-0.25, -0.2) is 0 Å². The smallest absolute Gasteiger partial charge is 0.305 e. The van der Waals surface area contributed by atoms with Crippen molar-refractivity contribution in [3.05, 3.63) is 0 Å². The molecule has 1 N–H and O–H groups in total. The molecule has 0 saturated heterocycles. The van der Waals surface area contributed by atoms with Gasteiger partial charge in [0, 0.05) is 20.1 Å². The maximum Gasteiger partial charge on any atom is 0.305 e. The van der Waals surface area contributed by atoms with E-state index in [0.29, 0.717) is 19.3 Å². The number of esters is 1. The molecule has 0 fully saturated rings. The van der Waals surface area contributed by atoms with Crippen LogP contribution in [0.25, 0.3) is 0 Å². The van der Waals surface area contributed by atoms with Crippen LogP contribution >= 0.6 is 0 Å². The number of carbonyl (C=O) groups excluding carboxylic acids is 1. The van der Waals surface area contributed by atoms with Crippen molar-refractivity contribution in [1.82, 2.24) is 0 Å². The topological polar surface area (TPSA) is 55.8 Å². The highest BCUT2D eigenvalue weighted by atomic mass is 16.5. The summed E-state index contributed by atoms with van der Waals surface area (Å²) in [5.41, 5.74) is 0. The van der Waals surface area contributed by atoms with Crippen LogP contribution in [0, 0.1) is 0 Å². The molecular weight excluding hydrogens is 160 g/mol. The van der Waals surface area contributed by atoms with E-state index in [0.717, 1.165) is 0 Å². The number of carbonyl (C=O) groups is 1. The summed E-state index contributed by atoms with van der Waals surface area (Å²) in [5.74, 6) is -0.241. The van der Waals surface area contributed by atoms with Crippen molar-refractivity contribution >= 4 is 5.97 Å². The summed E-state index contributed by atoms with van der Waals surface area (Å²) in [6.45, 7) is 0.0830. The Morgan fingerprint density at radius 3 is 2.50 bits per heavy atom. The first-order valence-corrected chi connectivity index (χ1v) is 3.95. The van der Waals surface area contributed by atoms with Crippen molar-refractivity contribution < 1.29 is 19.4 Å². The van der Waals surface area contributed by atoms with Crippen LogP contribution in [0.2, 0.25) is 0 Å². The van der Waals surface area contributed by atoms with Gasteiger partial charge >= 0.3 is 5.97 Å². The van der Waals surface area contributed by atoms with Gasteiger partial charge in [0.2, 0.25) is 0 Å². The summed E-state index contributed by atoms with van der Waals surface area (Å²) in [4.78, 5) is 10.7. The predicted octanol–water partition coefficient (Wildman–Crippen LogP) is 0.337. The van der Waals surface area contributed by atoms with E-state index in [2.05, 4.69) is 4.74 Å². The normalized spacial score (nSPS) is 12.6. The van der Waals surface area contributed by atoms with Crippen molar-refractivity contribution in [2.75, 3.05) is 20.8 Å². The molecule has 72 valence electrons. The molecule has 0 heterocycles. The zero-order chi connectivity index (χ0) is 9.40. The molecule has 1 atom stereocenters. The van der Waals surface area contributed by atoms with E-state index in [4.69, 9.17) is 9.84 Å². The standard InChI is InChI=1S/C8H16O4/c1-11-7(5-6-9)3-4-8(10)12-2/h7,9H,3-6H2,1-2H3. The van der Waals surface area contributed by atoms with Gasteiger partial charge in [0.15, 0.2) is 0 Å². The van der Waals surface area contributed by atoms with Crippen LogP contribution in [0.3, 0.4) is 0 Å². The molecule has 0 spiro atoms. The maximum atomic E-state index is 10.7. The molecule has 12 heavy (non-hydrogen) atoms. The Kier molecular flexibility index (Phi) is 6.70. The van der Waals surface area contributed by atoms with Crippen molar-refractivity contribution in [1.29, 1.82) is 0 Å². The number of ether oxygens (including phenoxy) is 2. The molecule has 0 aliphatic carbocycles. The fourth-order valence-corrected chi connectivity index (χ4v) is 0.905. The second-order valence-electron chi connectivity index (χ2n) is 2.48. The Labute approximate surface area is 72.5 Å². The minimum atomic E-state index is -0.241. The van der Waals surface area contributed by atoms with E-state index < -0.39 is 0 Å². The van der Waals surface area contributed by atoms with Gasteiger partial charge < -0.3 is 14.6 Å². The Hall–Kier alpha value is -0.610. The summed E-state index contributed by atoms with van der Waals surface area (Å²) in [5, 5.41) is 8.59. The van der Waals surface area contributed by atoms with Gasteiger partial charge in [-0.15, -0.1) is 0 Å². The van der Waals surface area contributed by atoms with Crippen molar-refractivity contribution in [2.24, 2.45) is 0 Å². The molecule has 0 aliphatic rings. The van der Waals surface area contributed by atoms with Crippen LogP contribution in [0.4, 0.5) is 0 Å². The Morgan fingerprint density at radius 1 is 1.42 bits per heavy atom. The quantitative estimate of drug-likeness (QED) is 0.593. The van der Waals surface area contributed by atoms with Crippen LogP contribution in [-0.4, -0.2) is 38.0 Å². The Balaban J connectivity index is 3.50. The predicted molar refractivity (Wildman–Crippen MR) is 43.7 cm³/mol. The van der Waals surface area contributed by atoms with Gasteiger partial charge in [-0.1, -0.05) is 0 Å². The second-order valence-corrected chi connectivity index (χ2v) is 2.48. The van der Waals surface area contributed by atoms with E-state index in [1.54, 1.807) is 7.11 Å². The fourth-order valence-electron chi connectivity index (χ4n) is 0.905. The van der Waals surface area contributed by atoms with Gasteiger partial charge in [-0.2, -0.15) is 0 Å². The molecule has 4 heteroatoms. The van der Waals surface area contributed by atoms with E-state index >= 15 is 0 Å². The number of hydrogen-bond acceptors (Lipinski definition) is 4. The van der Waals surface area contributed by atoms with E-state index in [9.17, 15) is 4.79 Å². The summed E-state index contributed by atoms with van der Waals surface area (Å²) < 4.78 is 9.48. The molecule has 0 saturated carbocycles. The van der Waals surface area contributed by atoms with Gasteiger partial charge in [0.25, 0.3) is 0 Å². The number of aliphatic hydroxyl groups is 1. The number of aliphatic hydroxyl groups excluding tert-OH is 1. The van der Waals surface area contributed by atoms with Gasteiger partial charge in [-0.3, -0.25) is 4.79 Å². The first-order chi connectivity index (χ1) is 5.74. The minimum Gasteiger partial charge on any atom is -0.469 e. The lowest BCUT2D eigenvalue weighted by Gasteiger charge is -2.12. The van der Waals surface area contributed by atoms with Crippen molar-refractivity contribution in [2.45, 2.75) is 25.4 Å². The molecule has 0 aliphatic heterocycles. The first-order valence-electron chi connectivity index (χ1n) is 3.95. The number of rotatable bonds is 6. The SMILES string of the molecule is COC(=O)CCC(CCO)OC. The highest BCUT2D eigenvalue weighted by Gasteiger charge is 2.09. The molecule has 0 aromatic rings. The third-order valence-electron chi connectivity index (χ3n) is 1.68. The van der Waals surface area contributed by atoms with Gasteiger partial charge in [0.1, 0.15) is 0 Å². The molecule has 0 rings (SSSR count). The van der Waals surface area contributed by atoms with Crippen molar-refractivity contribution in [3.8, 4) is 0 Å². The third kappa shape index (κ3) is 5.09. The second kappa shape index (κ2) is 7.06. The molecule has 0 radical (unpaired) electrons. The van der Waals surface area contributed by atoms with E-state index in [-0.39, 0.29) is 18.7 Å². The average Bonchev–Trinajstić information content (AvgIpc) is 2.11. The molecule has 0 bridgehead atoms. The summed E-state index contributed by atoms with van der Waals surface area (Å²) in [6.07, 6.45) is 1.46. The van der Waals surface area contributed by atoms with Crippen molar-refractivity contribution in [3.63, 3.8) is 0 Å². The monoisotopic (exact) mass is 176 g/mol. The Bertz CT molecular complexity index is 124. The Morgan fingerprint density at radius 2 is 2.08 bits per heavy atom. The molecule has 1 unspecified atom stereocenters. The van der Waals surface area contributed by atoms with Crippen LogP contribution in [0.1, 0.15) is 19.3 Å². The molecule has 0 amide bonds. The lowest BCUT2D eigenvalue weighted by atomic mass is 10.1. The largest absolute Gasteiger partial charge is 0.469 e.